The van der Waals surface area contributed by atoms with Crippen molar-refractivity contribution in [1.29, 1.82) is 0 Å². The molecule has 2 aliphatic rings. The van der Waals surface area contributed by atoms with Crippen LogP contribution in [0, 0.1) is 29.6 Å². The molecular formula is C28H50O10. The van der Waals surface area contributed by atoms with Gasteiger partial charge in [0, 0.05) is 30.1 Å². The quantitative estimate of drug-likeness (QED) is 0.328. The molecule has 10 nitrogen and oxygen atoms in total. The van der Waals surface area contributed by atoms with E-state index in [4.69, 9.17) is 14.2 Å². The van der Waals surface area contributed by atoms with E-state index in [0.29, 0.717) is 6.42 Å². The first kappa shape index (κ1) is 33.1. The monoisotopic (exact) mass is 546 g/mol. The molecule has 0 spiro atoms. The zero-order valence-corrected chi connectivity index (χ0v) is 24.3. The lowest BCUT2D eigenvalue weighted by molar-refractivity contribution is -0.295. The van der Waals surface area contributed by atoms with Crippen LogP contribution in [0.1, 0.15) is 81.6 Å². The number of cyclic esters (lactones) is 1. The number of hydrogen-bond acceptors (Lipinski definition) is 10. The Morgan fingerprint density at radius 1 is 0.868 bits per heavy atom. The highest BCUT2D eigenvalue weighted by Crippen LogP contribution is 2.37. The highest BCUT2D eigenvalue weighted by Gasteiger charge is 2.49. The van der Waals surface area contributed by atoms with E-state index in [0.717, 1.165) is 0 Å². The second-order valence-electron chi connectivity index (χ2n) is 12.4. The lowest BCUT2D eigenvalue weighted by Crippen LogP contribution is -2.57. The van der Waals surface area contributed by atoms with E-state index in [-0.39, 0.29) is 18.6 Å². The fraction of sp³-hybridized carbons (Fsp3) is 0.929. The summed E-state index contributed by atoms with van der Waals surface area (Å²) in [5, 5.41) is 54.5. The van der Waals surface area contributed by atoms with E-state index in [1.165, 1.54) is 13.8 Å². The first-order chi connectivity index (χ1) is 17.3. The molecule has 38 heavy (non-hydrogen) atoms. The first-order valence-electron chi connectivity index (χ1n) is 13.9. The van der Waals surface area contributed by atoms with Crippen molar-refractivity contribution in [3.8, 4) is 0 Å². The van der Waals surface area contributed by atoms with Gasteiger partial charge in [-0.15, -0.1) is 0 Å². The Hall–Kier alpha value is -1.14. The third kappa shape index (κ3) is 7.13. The summed E-state index contributed by atoms with van der Waals surface area (Å²) in [5.41, 5.74) is -3.24. The fourth-order valence-corrected chi connectivity index (χ4v) is 6.11. The van der Waals surface area contributed by atoms with Gasteiger partial charge in [-0.1, -0.05) is 34.6 Å². The van der Waals surface area contributed by atoms with Crippen molar-refractivity contribution < 1.29 is 49.3 Å². The Balaban J connectivity index is 2.49. The predicted octanol–water partition coefficient (Wildman–Crippen LogP) is 1.57. The van der Waals surface area contributed by atoms with Crippen LogP contribution in [0.2, 0.25) is 0 Å². The average Bonchev–Trinajstić information content (AvgIpc) is 2.84. The van der Waals surface area contributed by atoms with Crippen molar-refractivity contribution in [2.45, 2.75) is 136 Å². The molecule has 2 heterocycles. The summed E-state index contributed by atoms with van der Waals surface area (Å²) in [4.78, 5) is 26.5. The Morgan fingerprint density at radius 3 is 1.95 bits per heavy atom. The van der Waals surface area contributed by atoms with E-state index >= 15 is 0 Å². The van der Waals surface area contributed by atoms with Crippen LogP contribution in [0.4, 0.5) is 0 Å². The summed E-state index contributed by atoms with van der Waals surface area (Å²) in [6.07, 6.45) is -6.81. The standard InChI is InChI=1S/C28H50O10/c1-10-19-14(3)22(30)15(4)21(29)13(2)11-27(8,34)24(31)16(5)23(17(6)26(33)37-19)38-20-12-28(9,35)25(32)18(7)36-20/h13-20,22-25,30-32,34-35H,10-12H2,1-9H3/t13-,14-,15-,16-,17+,18+,19+,20-,22+,23+,24-,25-,27-,28-/m1/s1. The number of ketones is 1. The van der Waals surface area contributed by atoms with Crippen LogP contribution < -0.4 is 0 Å². The molecule has 0 bridgehead atoms. The van der Waals surface area contributed by atoms with Crippen LogP contribution in [0.3, 0.4) is 0 Å². The maximum absolute atomic E-state index is 13.4. The maximum atomic E-state index is 13.4. The number of carbonyl (C=O) groups is 2. The highest BCUT2D eigenvalue weighted by atomic mass is 16.7. The molecule has 0 saturated carbocycles. The number of aliphatic hydroxyl groups is 5. The number of carbonyl (C=O) groups excluding carboxylic acids is 2. The van der Waals surface area contributed by atoms with E-state index < -0.39 is 89.7 Å². The molecule has 0 radical (unpaired) electrons. The second kappa shape index (κ2) is 12.6. The van der Waals surface area contributed by atoms with E-state index in [2.05, 4.69) is 0 Å². The van der Waals surface area contributed by atoms with Crippen molar-refractivity contribution in [2.75, 3.05) is 0 Å². The number of ether oxygens (including phenoxy) is 3. The second-order valence-corrected chi connectivity index (χ2v) is 12.4. The summed E-state index contributed by atoms with van der Waals surface area (Å²) in [5.74, 6) is -4.59. The molecule has 0 aliphatic carbocycles. The van der Waals surface area contributed by atoms with Gasteiger partial charge in [0.15, 0.2) is 6.29 Å². The third-order valence-electron chi connectivity index (χ3n) is 8.82. The number of esters is 1. The number of Topliss-reactive ketones (excluding diaryl/α,β-unsaturated/α-hetero) is 1. The van der Waals surface area contributed by atoms with Crippen molar-refractivity contribution in [3.63, 3.8) is 0 Å². The fourth-order valence-electron chi connectivity index (χ4n) is 6.11. The third-order valence-corrected chi connectivity index (χ3v) is 8.82. The van der Waals surface area contributed by atoms with Gasteiger partial charge in [0.2, 0.25) is 0 Å². The molecular weight excluding hydrogens is 496 g/mol. The first-order valence-corrected chi connectivity index (χ1v) is 13.9. The van der Waals surface area contributed by atoms with E-state index in [1.807, 2.05) is 6.92 Å². The normalized spacial score (nSPS) is 50.3. The Bertz CT molecular complexity index is 813. The largest absolute Gasteiger partial charge is 0.462 e. The van der Waals surface area contributed by atoms with E-state index in [9.17, 15) is 35.1 Å². The van der Waals surface area contributed by atoms with Crippen LogP contribution in [-0.2, 0) is 23.8 Å². The lowest BCUT2D eigenvalue weighted by Gasteiger charge is -2.45. The van der Waals surface area contributed by atoms with Crippen LogP contribution in [-0.4, -0.2) is 91.4 Å². The van der Waals surface area contributed by atoms with Gasteiger partial charge in [-0.25, -0.2) is 0 Å². The molecule has 14 atom stereocenters. The minimum Gasteiger partial charge on any atom is -0.462 e. The lowest BCUT2D eigenvalue weighted by atomic mass is 9.75. The molecule has 0 amide bonds. The van der Waals surface area contributed by atoms with Gasteiger partial charge in [0.05, 0.1) is 41.5 Å². The van der Waals surface area contributed by atoms with Crippen molar-refractivity contribution in [3.05, 3.63) is 0 Å². The zero-order chi connectivity index (χ0) is 29.3. The molecule has 0 unspecified atom stereocenters. The highest BCUT2D eigenvalue weighted by molar-refractivity contribution is 5.83. The summed E-state index contributed by atoms with van der Waals surface area (Å²) in [7, 11) is 0. The molecule has 2 rings (SSSR count). The number of aliphatic hydroxyl groups excluding tert-OH is 3. The average molecular weight is 547 g/mol. The Labute approximate surface area is 226 Å². The van der Waals surface area contributed by atoms with Crippen molar-refractivity contribution >= 4 is 11.8 Å². The van der Waals surface area contributed by atoms with Gasteiger partial charge in [0.1, 0.15) is 18.0 Å². The van der Waals surface area contributed by atoms with Gasteiger partial charge in [0.25, 0.3) is 0 Å². The summed E-state index contributed by atoms with van der Waals surface area (Å²) in [6, 6.07) is 0. The van der Waals surface area contributed by atoms with Crippen LogP contribution in [0.5, 0.6) is 0 Å². The SMILES string of the molecule is CC[C@@H]1OC(=O)[C@@H](C)[C@@H](O[C@@H]2C[C@@](C)(O)[C@H](O)[C@H](C)O2)[C@@H](C)[C@@H](O)[C@](C)(O)C[C@@H](C)C(=O)[C@@H](C)[C@@H](O)[C@@H]1C. The van der Waals surface area contributed by atoms with Crippen LogP contribution in [0.15, 0.2) is 0 Å². The van der Waals surface area contributed by atoms with Gasteiger partial charge in [-0.05, 0) is 40.5 Å². The predicted molar refractivity (Wildman–Crippen MR) is 139 cm³/mol. The smallest absolute Gasteiger partial charge is 0.311 e. The number of rotatable bonds is 3. The van der Waals surface area contributed by atoms with Crippen LogP contribution in [0.25, 0.3) is 0 Å². The molecule has 0 aromatic heterocycles. The van der Waals surface area contributed by atoms with Gasteiger partial charge in [-0.2, -0.15) is 0 Å². The van der Waals surface area contributed by atoms with Crippen molar-refractivity contribution in [1.82, 2.24) is 0 Å². The molecule has 5 N–H and O–H groups in total. The minimum atomic E-state index is -1.73. The molecule has 10 heteroatoms. The summed E-state index contributed by atoms with van der Waals surface area (Å²) < 4.78 is 17.8. The molecule has 2 saturated heterocycles. The molecule has 2 fully saturated rings. The van der Waals surface area contributed by atoms with Gasteiger partial charge in [-0.3, -0.25) is 9.59 Å². The minimum absolute atomic E-state index is 0.0661. The molecule has 0 aromatic rings. The maximum Gasteiger partial charge on any atom is 0.311 e. The Kier molecular flexibility index (Phi) is 10.9. The topological polar surface area (TPSA) is 163 Å². The Morgan fingerprint density at radius 2 is 1.42 bits per heavy atom. The van der Waals surface area contributed by atoms with Crippen LogP contribution >= 0.6 is 0 Å². The molecule has 0 aromatic carbocycles. The summed E-state index contributed by atoms with van der Waals surface area (Å²) >= 11 is 0. The number of hydrogen-bond donors (Lipinski definition) is 5. The van der Waals surface area contributed by atoms with E-state index in [1.54, 1.807) is 41.5 Å². The van der Waals surface area contributed by atoms with Crippen molar-refractivity contribution in [2.24, 2.45) is 29.6 Å². The summed E-state index contributed by atoms with van der Waals surface area (Å²) in [6.45, 7) is 14.6. The van der Waals surface area contributed by atoms with Gasteiger partial charge >= 0.3 is 5.97 Å². The van der Waals surface area contributed by atoms with Gasteiger partial charge < -0.3 is 39.7 Å². The molecule has 2 aliphatic heterocycles. The zero-order valence-electron chi connectivity index (χ0n) is 24.3. The molecule has 222 valence electrons.